The minimum absolute atomic E-state index is 0.198. The van der Waals surface area contributed by atoms with Crippen LogP contribution < -0.4 is 10.0 Å². The van der Waals surface area contributed by atoms with Crippen molar-refractivity contribution in [3.05, 3.63) is 42.0 Å². The van der Waals surface area contributed by atoms with Crippen LogP contribution in [0.25, 0.3) is 0 Å². The largest absolute Gasteiger partial charge is 0.369 e. The third kappa shape index (κ3) is 4.92. The number of benzene rings is 1. The summed E-state index contributed by atoms with van der Waals surface area (Å²) in [6.45, 7) is 7.05. The van der Waals surface area contributed by atoms with Crippen LogP contribution in [0.1, 0.15) is 45.1 Å². The van der Waals surface area contributed by atoms with Crippen molar-refractivity contribution in [3.63, 3.8) is 0 Å². The van der Waals surface area contributed by atoms with E-state index in [1.165, 1.54) is 0 Å². The molecular weight excluding hydrogens is 324 g/mol. The molecule has 130 valence electrons. The zero-order chi connectivity index (χ0) is 17.6. The Kier molecular flexibility index (Phi) is 6.14. The van der Waals surface area contributed by atoms with E-state index in [0.29, 0.717) is 11.7 Å². The van der Waals surface area contributed by atoms with Gasteiger partial charge in [-0.05, 0) is 42.2 Å². The van der Waals surface area contributed by atoms with Gasteiger partial charge >= 0.3 is 0 Å². The maximum atomic E-state index is 12.4. The third-order valence-corrected chi connectivity index (χ3v) is 4.97. The second-order valence-electron chi connectivity index (χ2n) is 5.91. The zero-order valence-corrected chi connectivity index (χ0v) is 15.1. The van der Waals surface area contributed by atoms with E-state index in [-0.39, 0.29) is 10.7 Å². The van der Waals surface area contributed by atoms with Crippen LogP contribution in [0.4, 0.5) is 11.6 Å². The smallest absolute Gasteiger partial charge is 0.263 e. The number of sulfonamides is 1. The molecule has 1 heterocycles. The van der Waals surface area contributed by atoms with E-state index in [1.807, 2.05) is 12.1 Å². The second kappa shape index (κ2) is 8.10. The van der Waals surface area contributed by atoms with Crippen LogP contribution in [0, 0.1) is 0 Å². The van der Waals surface area contributed by atoms with Crippen LogP contribution in [-0.2, 0) is 10.0 Å². The van der Waals surface area contributed by atoms with Crippen molar-refractivity contribution in [2.24, 2.45) is 0 Å². The fraction of sp³-hybridized carbons (Fsp3) is 0.412. The summed E-state index contributed by atoms with van der Waals surface area (Å²) in [4.78, 5) is 0.207. The Labute approximate surface area is 143 Å². The lowest BCUT2D eigenvalue weighted by Crippen LogP contribution is -2.14. The predicted molar refractivity (Wildman–Crippen MR) is 96.8 cm³/mol. The van der Waals surface area contributed by atoms with Gasteiger partial charge in [-0.3, -0.25) is 4.72 Å². The molecular formula is C17H24N4O2S. The molecule has 0 aliphatic heterocycles. The zero-order valence-electron chi connectivity index (χ0n) is 14.3. The number of nitrogens with zero attached hydrogens (tertiary/aromatic N) is 2. The second-order valence-corrected chi connectivity index (χ2v) is 7.60. The van der Waals surface area contributed by atoms with Gasteiger partial charge in [0.05, 0.1) is 4.90 Å². The molecule has 0 spiro atoms. The Morgan fingerprint density at radius 1 is 1.00 bits per heavy atom. The van der Waals surface area contributed by atoms with Crippen molar-refractivity contribution in [1.82, 2.24) is 10.2 Å². The van der Waals surface area contributed by atoms with Gasteiger partial charge in [-0.1, -0.05) is 39.3 Å². The van der Waals surface area contributed by atoms with Crippen molar-refractivity contribution in [3.8, 4) is 0 Å². The van der Waals surface area contributed by atoms with Gasteiger partial charge < -0.3 is 5.32 Å². The first-order chi connectivity index (χ1) is 11.4. The highest BCUT2D eigenvalue weighted by atomic mass is 32.2. The first-order valence-electron chi connectivity index (χ1n) is 8.12. The molecule has 0 aliphatic rings. The first-order valence-corrected chi connectivity index (χ1v) is 9.61. The van der Waals surface area contributed by atoms with E-state index in [2.05, 4.69) is 41.0 Å². The molecule has 1 aromatic heterocycles. The first kappa shape index (κ1) is 18.2. The number of nitrogens with one attached hydrogen (secondary N) is 2. The fourth-order valence-corrected chi connectivity index (χ4v) is 3.10. The quantitative estimate of drug-likeness (QED) is 0.712. The summed E-state index contributed by atoms with van der Waals surface area (Å²) in [5.41, 5.74) is 1.09. The molecule has 6 nitrogen and oxygen atoms in total. The predicted octanol–water partition coefficient (Wildman–Crippen LogP) is 3.61. The molecule has 24 heavy (non-hydrogen) atoms. The third-order valence-electron chi connectivity index (χ3n) is 3.60. The molecule has 7 heteroatoms. The number of rotatable bonds is 8. The molecule has 0 aliphatic carbocycles. The Morgan fingerprint density at radius 2 is 1.62 bits per heavy atom. The van der Waals surface area contributed by atoms with Crippen molar-refractivity contribution >= 4 is 21.7 Å². The van der Waals surface area contributed by atoms with Crippen LogP contribution in [0.15, 0.2) is 41.3 Å². The Hall–Kier alpha value is -2.15. The molecule has 0 radical (unpaired) electrons. The van der Waals surface area contributed by atoms with Crippen LogP contribution in [0.2, 0.25) is 0 Å². The van der Waals surface area contributed by atoms with Gasteiger partial charge in [0.25, 0.3) is 10.0 Å². The normalized spacial score (nSPS) is 11.5. The topological polar surface area (TPSA) is 84.0 Å². The minimum atomic E-state index is -3.66. The van der Waals surface area contributed by atoms with Gasteiger partial charge in [-0.2, -0.15) is 0 Å². The lowest BCUT2D eigenvalue weighted by molar-refractivity contribution is 0.601. The van der Waals surface area contributed by atoms with Gasteiger partial charge in [0.2, 0.25) is 0 Å². The van der Waals surface area contributed by atoms with Crippen LogP contribution in [0.5, 0.6) is 0 Å². The van der Waals surface area contributed by atoms with Gasteiger partial charge in [-0.15, -0.1) is 10.2 Å². The number of hydrogen-bond donors (Lipinski definition) is 2. The Balaban J connectivity index is 2.05. The van der Waals surface area contributed by atoms with Gasteiger partial charge in [0.1, 0.15) is 5.82 Å². The summed E-state index contributed by atoms with van der Waals surface area (Å²) < 4.78 is 27.2. The van der Waals surface area contributed by atoms with Gasteiger partial charge in [0.15, 0.2) is 5.82 Å². The fourth-order valence-electron chi connectivity index (χ4n) is 2.10. The van der Waals surface area contributed by atoms with Crippen LogP contribution in [0.3, 0.4) is 0 Å². The van der Waals surface area contributed by atoms with E-state index in [1.54, 1.807) is 24.3 Å². The van der Waals surface area contributed by atoms with Crippen LogP contribution in [-0.4, -0.2) is 25.2 Å². The van der Waals surface area contributed by atoms with Crippen LogP contribution >= 0.6 is 0 Å². The lowest BCUT2D eigenvalue weighted by atomic mass is 10.0. The van der Waals surface area contributed by atoms with Crippen molar-refractivity contribution in [2.45, 2.75) is 44.4 Å². The molecule has 0 bridgehead atoms. The molecule has 2 N–H and O–H groups in total. The highest BCUT2D eigenvalue weighted by Gasteiger charge is 2.15. The summed E-state index contributed by atoms with van der Waals surface area (Å²) in [6.07, 6.45) is 2.14. The highest BCUT2D eigenvalue weighted by molar-refractivity contribution is 7.92. The standard InChI is InChI=1S/C17H24N4O2S/c1-4-5-12-18-16-10-11-17(20-19-16)21-24(22,23)15-8-6-14(7-9-15)13(2)3/h6-11,13H,4-5,12H2,1-3H3,(H,18,19)(H,20,21). The lowest BCUT2D eigenvalue weighted by Gasteiger charge is -2.10. The van der Waals surface area contributed by atoms with Gasteiger partial charge in [-0.25, -0.2) is 8.42 Å². The molecule has 0 saturated carbocycles. The summed E-state index contributed by atoms with van der Waals surface area (Å²) in [7, 11) is -3.66. The molecule has 0 fully saturated rings. The van der Waals surface area contributed by atoms with Crippen molar-refractivity contribution in [2.75, 3.05) is 16.6 Å². The van der Waals surface area contributed by atoms with E-state index in [0.717, 1.165) is 24.9 Å². The summed E-state index contributed by atoms with van der Waals surface area (Å²) in [5.74, 6) is 1.19. The van der Waals surface area contributed by atoms with E-state index in [9.17, 15) is 8.42 Å². The molecule has 1 aromatic carbocycles. The maximum absolute atomic E-state index is 12.4. The number of anilines is 2. The van der Waals surface area contributed by atoms with E-state index >= 15 is 0 Å². The molecule has 0 unspecified atom stereocenters. The molecule has 2 aromatic rings. The summed E-state index contributed by atoms with van der Waals surface area (Å²) in [5, 5.41) is 11.0. The SMILES string of the molecule is CCCCNc1ccc(NS(=O)(=O)c2ccc(C(C)C)cc2)nn1. The summed E-state index contributed by atoms with van der Waals surface area (Å²) in [6, 6.07) is 10.2. The minimum Gasteiger partial charge on any atom is -0.369 e. The van der Waals surface area contributed by atoms with E-state index in [4.69, 9.17) is 0 Å². The Bertz CT molecular complexity index is 741. The molecule has 2 rings (SSSR count). The number of unbranched alkanes of at least 4 members (excludes halogenated alkanes) is 1. The average Bonchev–Trinajstić information content (AvgIpc) is 2.56. The van der Waals surface area contributed by atoms with Crippen molar-refractivity contribution in [1.29, 1.82) is 0 Å². The average molecular weight is 348 g/mol. The summed E-state index contributed by atoms with van der Waals surface area (Å²) >= 11 is 0. The van der Waals surface area contributed by atoms with Crippen molar-refractivity contribution < 1.29 is 8.42 Å². The van der Waals surface area contributed by atoms with Gasteiger partial charge in [0, 0.05) is 6.54 Å². The molecule has 0 atom stereocenters. The maximum Gasteiger partial charge on any atom is 0.263 e. The number of hydrogen-bond acceptors (Lipinski definition) is 5. The number of aromatic nitrogens is 2. The highest BCUT2D eigenvalue weighted by Crippen LogP contribution is 2.19. The molecule has 0 saturated heterocycles. The van der Waals surface area contributed by atoms with E-state index < -0.39 is 10.0 Å². The monoisotopic (exact) mass is 348 g/mol. The molecule has 0 amide bonds. The Morgan fingerprint density at radius 3 is 2.17 bits per heavy atom.